The Hall–Kier alpha value is 0.450. The quantitative estimate of drug-likeness (QED) is 0.421. The summed E-state index contributed by atoms with van der Waals surface area (Å²) in [7, 11) is 0. The summed E-state index contributed by atoms with van der Waals surface area (Å²) in [6.07, 6.45) is -3.85. The van der Waals surface area contributed by atoms with Crippen LogP contribution >= 0.6 is 22.6 Å². The minimum Gasteiger partial charge on any atom is -0.250 e. The fourth-order valence-electron chi connectivity index (χ4n) is 0.759. The highest BCUT2D eigenvalue weighted by molar-refractivity contribution is 14.1. The topological polar surface area (TPSA) is 0 Å². The molecule has 0 aromatic rings. The molecule has 0 N–H and O–H groups in total. The Bertz CT molecular complexity index is 123. The van der Waals surface area contributed by atoms with E-state index >= 15 is 0 Å². The molecule has 0 aliphatic carbocycles. The van der Waals surface area contributed by atoms with Crippen molar-refractivity contribution in [1.29, 1.82) is 0 Å². The van der Waals surface area contributed by atoms with Crippen molar-refractivity contribution in [2.75, 3.05) is 6.67 Å². The zero-order chi connectivity index (χ0) is 9.78. The smallest absolute Gasteiger partial charge is 0.250 e. The Morgan fingerprint density at radius 1 is 1.33 bits per heavy atom. The predicted octanol–water partition coefficient (Wildman–Crippen LogP) is 3.74. The van der Waals surface area contributed by atoms with E-state index in [0.717, 1.165) is 0 Å². The summed E-state index contributed by atoms with van der Waals surface area (Å²) < 4.78 is 47.8. The molecule has 12 heavy (non-hydrogen) atoms. The molecular formula is C7H11F4I. The zero-order valence-corrected chi connectivity index (χ0v) is 8.82. The molecule has 0 saturated carbocycles. The van der Waals surface area contributed by atoms with Crippen LogP contribution in [0.5, 0.6) is 0 Å². The van der Waals surface area contributed by atoms with Crippen molar-refractivity contribution in [3.8, 4) is 0 Å². The van der Waals surface area contributed by atoms with Gasteiger partial charge in [0.1, 0.15) is 6.67 Å². The summed E-state index contributed by atoms with van der Waals surface area (Å²) in [6.45, 7) is 0.492. The van der Waals surface area contributed by atoms with E-state index in [2.05, 4.69) is 0 Å². The van der Waals surface area contributed by atoms with Crippen molar-refractivity contribution in [3.05, 3.63) is 0 Å². The number of halogens is 5. The summed E-state index contributed by atoms with van der Waals surface area (Å²) >= 11 is 1.92. The molecule has 74 valence electrons. The third-order valence-corrected chi connectivity index (χ3v) is 3.02. The Morgan fingerprint density at radius 3 is 2.08 bits per heavy atom. The molecular weight excluding hydrogens is 287 g/mol. The summed E-state index contributed by atoms with van der Waals surface area (Å²) in [4.78, 5) is 0. The monoisotopic (exact) mass is 298 g/mol. The van der Waals surface area contributed by atoms with E-state index in [1.165, 1.54) is 0 Å². The van der Waals surface area contributed by atoms with E-state index in [0.29, 0.717) is 6.42 Å². The fourth-order valence-corrected chi connectivity index (χ4v) is 1.37. The molecule has 2 atom stereocenters. The molecule has 0 radical (unpaired) electrons. The van der Waals surface area contributed by atoms with Gasteiger partial charge in [0, 0.05) is 3.92 Å². The maximum absolute atomic E-state index is 12.0. The van der Waals surface area contributed by atoms with Gasteiger partial charge in [0.25, 0.3) is 0 Å². The summed E-state index contributed by atoms with van der Waals surface area (Å²) in [5.41, 5.74) is 0. The molecule has 5 heteroatoms. The SMILES string of the molecule is CCC(I)CC(CF)C(F)(F)F. The zero-order valence-electron chi connectivity index (χ0n) is 6.67. The van der Waals surface area contributed by atoms with E-state index in [4.69, 9.17) is 0 Å². The van der Waals surface area contributed by atoms with Gasteiger partial charge in [-0.1, -0.05) is 29.5 Å². The summed E-state index contributed by atoms with van der Waals surface area (Å²) in [5.74, 6) is -1.78. The predicted molar refractivity (Wildman–Crippen MR) is 48.2 cm³/mol. The summed E-state index contributed by atoms with van der Waals surface area (Å²) in [6, 6.07) is 0. The molecule has 0 amide bonds. The van der Waals surface area contributed by atoms with Crippen LogP contribution in [0.3, 0.4) is 0 Å². The van der Waals surface area contributed by atoms with Crippen LogP contribution < -0.4 is 0 Å². The van der Waals surface area contributed by atoms with Gasteiger partial charge in [-0.2, -0.15) is 13.2 Å². The van der Waals surface area contributed by atoms with Crippen LogP contribution in [0.15, 0.2) is 0 Å². The molecule has 0 aromatic heterocycles. The van der Waals surface area contributed by atoms with Gasteiger partial charge in [0.2, 0.25) is 0 Å². The molecule has 0 nitrogen and oxygen atoms in total. The Labute approximate surface area is 82.9 Å². The van der Waals surface area contributed by atoms with E-state index in [1.54, 1.807) is 6.92 Å². The lowest BCUT2D eigenvalue weighted by atomic mass is 10.0. The van der Waals surface area contributed by atoms with E-state index in [-0.39, 0.29) is 10.3 Å². The van der Waals surface area contributed by atoms with E-state index in [9.17, 15) is 17.6 Å². The van der Waals surface area contributed by atoms with Gasteiger partial charge >= 0.3 is 6.18 Å². The number of hydrogen-bond donors (Lipinski definition) is 0. The molecule has 0 saturated heterocycles. The normalized spacial score (nSPS) is 17.5. The van der Waals surface area contributed by atoms with E-state index < -0.39 is 18.8 Å². The van der Waals surface area contributed by atoms with Crippen molar-refractivity contribution in [2.45, 2.75) is 29.9 Å². The second-order valence-corrected chi connectivity index (χ2v) is 4.40. The highest BCUT2D eigenvalue weighted by atomic mass is 127. The number of rotatable bonds is 4. The van der Waals surface area contributed by atoms with Crippen LogP contribution in [0, 0.1) is 5.92 Å². The van der Waals surface area contributed by atoms with Crippen LogP contribution in [-0.2, 0) is 0 Å². The average molecular weight is 298 g/mol. The lowest BCUT2D eigenvalue weighted by Crippen LogP contribution is -2.27. The van der Waals surface area contributed by atoms with Gasteiger partial charge in [0.15, 0.2) is 0 Å². The van der Waals surface area contributed by atoms with Gasteiger partial charge in [-0.25, -0.2) is 0 Å². The first-order valence-electron chi connectivity index (χ1n) is 3.68. The van der Waals surface area contributed by atoms with Crippen LogP contribution in [0.4, 0.5) is 17.6 Å². The second-order valence-electron chi connectivity index (χ2n) is 2.63. The maximum atomic E-state index is 12.0. The largest absolute Gasteiger partial charge is 0.394 e. The van der Waals surface area contributed by atoms with Crippen LogP contribution in [0.2, 0.25) is 0 Å². The minimum atomic E-state index is -4.38. The van der Waals surface area contributed by atoms with Crippen molar-refractivity contribution < 1.29 is 17.6 Å². The van der Waals surface area contributed by atoms with Gasteiger partial charge in [0.05, 0.1) is 5.92 Å². The number of hydrogen-bond acceptors (Lipinski definition) is 0. The lowest BCUT2D eigenvalue weighted by Gasteiger charge is -2.18. The van der Waals surface area contributed by atoms with Crippen molar-refractivity contribution >= 4 is 22.6 Å². The van der Waals surface area contributed by atoms with Crippen molar-refractivity contribution in [1.82, 2.24) is 0 Å². The van der Waals surface area contributed by atoms with E-state index in [1.807, 2.05) is 22.6 Å². The van der Waals surface area contributed by atoms with Gasteiger partial charge in [-0.05, 0) is 12.8 Å². The number of alkyl halides is 5. The molecule has 2 unspecified atom stereocenters. The molecule has 0 fully saturated rings. The molecule has 0 spiro atoms. The molecule has 0 aromatic carbocycles. The van der Waals surface area contributed by atoms with Crippen LogP contribution in [0.25, 0.3) is 0 Å². The standard InChI is InChI=1S/C7H11F4I/c1-2-6(12)3-5(4-8)7(9,10)11/h5-6H,2-4H2,1H3. The third kappa shape index (κ3) is 4.47. The van der Waals surface area contributed by atoms with Crippen LogP contribution in [-0.4, -0.2) is 16.8 Å². The van der Waals surface area contributed by atoms with Crippen molar-refractivity contribution in [2.24, 2.45) is 5.92 Å². The molecule has 0 aliphatic rings. The molecule has 0 bridgehead atoms. The first-order valence-corrected chi connectivity index (χ1v) is 4.93. The minimum absolute atomic E-state index is 0.0926. The highest BCUT2D eigenvalue weighted by Gasteiger charge is 2.40. The van der Waals surface area contributed by atoms with Gasteiger partial charge < -0.3 is 0 Å². The molecule has 0 heterocycles. The fraction of sp³-hybridized carbons (Fsp3) is 1.00. The Morgan fingerprint density at radius 2 is 1.83 bits per heavy atom. The van der Waals surface area contributed by atoms with Crippen molar-refractivity contribution in [3.63, 3.8) is 0 Å². The Balaban J connectivity index is 4.00. The highest BCUT2D eigenvalue weighted by Crippen LogP contribution is 2.32. The average Bonchev–Trinajstić information content (AvgIpc) is 1.97. The Kier molecular flexibility index (Phi) is 5.43. The second kappa shape index (κ2) is 5.24. The van der Waals surface area contributed by atoms with Gasteiger partial charge in [-0.3, -0.25) is 4.39 Å². The maximum Gasteiger partial charge on any atom is 0.394 e. The first-order chi connectivity index (χ1) is 5.41. The third-order valence-electron chi connectivity index (χ3n) is 1.63. The summed E-state index contributed by atoms with van der Waals surface area (Å²) in [5, 5.41) is 0. The lowest BCUT2D eigenvalue weighted by molar-refractivity contribution is -0.179. The first kappa shape index (κ1) is 12.4. The molecule has 0 rings (SSSR count). The molecule has 0 aliphatic heterocycles. The van der Waals surface area contributed by atoms with Crippen LogP contribution in [0.1, 0.15) is 19.8 Å². The van der Waals surface area contributed by atoms with Gasteiger partial charge in [-0.15, -0.1) is 0 Å².